The number of hydrogen-bond acceptors (Lipinski definition) is 4. The Kier molecular flexibility index (Phi) is 4.66. The van der Waals surface area contributed by atoms with Gasteiger partial charge < -0.3 is 10.8 Å². The molecule has 0 amide bonds. The molecule has 0 heterocycles. The summed E-state index contributed by atoms with van der Waals surface area (Å²) in [7, 11) is -2.58. The van der Waals surface area contributed by atoms with Crippen molar-refractivity contribution in [1.82, 2.24) is 4.31 Å². The lowest BCUT2D eigenvalue weighted by atomic mass is 10.2. The van der Waals surface area contributed by atoms with Gasteiger partial charge in [-0.15, -0.1) is 0 Å². The van der Waals surface area contributed by atoms with E-state index in [1.54, 1.807) is 0 Å². The molecule has 0 radical (unpaired) electrons. The van der Waals surface area contributed by atoms with E-state index in [0.29, 0.717) is 6.42 Å². The Bertz CT molecular complexity index is 531. The van der Waals surface area contributed by atoms with E-state index in [-0.39, 0.29) is 24.4 Å². The molecule has 1 aromatic carbocycles. The van der Waals surface area contributed by atoms with E-state index in [2.05, 4.69) is 0 Å². The number of nitrogens with two attached hydrogens (primary N) is 1. The summed E-state index contributed by atoms with van der Waals surface area (Å²) in [4.78, 5) is -0.430. The molecule has 0 spiro atoms. The van der Waals surface area contributed by atoms with Crippen LogP contribution in [-0.4, -0.2) is 38.0 Å². The minimum Gasteiger partial charge on any atom is -0.399 e. The standard InChI is InChI=1S/C11H17FN2O3S/c1-8-6-9(13)7-10(11(8)12)18(16,17)14(2)4-3-5-15/h6-7,15H,3-5,13H2,1-2H3. The molecule has 102 valence electrons. The van der Waals surface area contributed by atoms with Crippen LogP contribution in [0.15, 0.2) is 17.0 Å². The van der Waals surface area contributed by atoms with Gasteiger partial charge in [0.1, 0.15) is 10.7 Å². The Morgan fingerprint density at radius 3 is 2.61 bits per heavy atom. The highest BCUT2D eigenvalue weighted by Gasteiger charge is 2.25. The normalized spacial score (nSPS) is 12.1. The van der Waals surface area contributed by atoms with Gasteiger partial charge >= 0.3 is 0 Å². The first-order valence-electron chi connectivity index (χ1n) is 5.43. The predicted molar refractivity (Wildman–Crippen MR) is 67.1 cm³/mol. The summed E-state index contributed by atoms with van der Waals surface area (Å²) in [6, 6.07) is 2.48. The molecule has 0 saturated heterocycles. The van der Waals surface area contributed by atoms with Gasteiger partial charge in [0.05, 0.1) is 0 Å². The van der Waals surface area contributed by atoms with Crippen molar-refractivity contribution in [3.8, 4) is 0 Å². The Labute approximate surface area is 106 Å². The first kappa shape index (κ1) is 14.9. The zero-order valence-electron chi connectivity index (χ0n) is 10.4. The van der Waals surface area contributed by atoms with E-state index in [4.69, 9.17) is 10.8 Å². The van der Waals surface area contributed by atoms with E-state index >= 15 is 0 Å². The van der Waals surface area contributed by atoms with Crippen LogP contribution in [0.25, 0.3) is 0 Å². The molecule has 7 heteroatoms. The molecular weight excluding hydrogens is 259 g/mol. The maximum Gasteiger partial charge on any atom is 0.245 e. The van der Waals surface area contributed by atoms with Crippen LogP contribution in [0.4, 0.5) is 10.1 Å². The number of aryl methyl sites for hydroxylation is 1. The first-order valence-corrected chi connectivity index (χ1v) is 6.87. The zero-order chi connectivity index (χ0) is 13.9. The summed E-state index contributed by atoms with van der Waals surface area (Å²) in [6.45, 7) is 1.45. The summed E-state index contributed by atoms with van der Waals surface area (Å²) < 4.78 is 39.1. The highest BCUT2D eigenvalue weighted by atomic mass is 32.2. The van der Waals surface area contributed by atoms with Gasteiger partial charge in [-0.3, -0.25) is 0 Å². The molecule has 0 aliphatic carbocycles. The lowest BCUT2D eigenvalue weighted by molar-refractivity contribution is 0.275. The van der Waals surface area contributed by atoms with Gasteiger partial charge in [0.15, 0.2) is 0 Å². The second kappa shape index (κ2) is 5.64. The van der Waals surface area contributed by atoms with Gasteiger partial charge in [-0.2, -0.15) is 0 Å². The Hall–Kier alpha value is -1.18. The van der Waals surface area contributed by atoms with Crippen molar-refractivity contribution in [2.45, 2.75) is 18.2 Å². The third-order valence-electron chi connectivity index (χ3n) is 2.56. The average molecular weight is 276 g/mol. The van der Waals surface area contributed by atoms with Crippen LogP contribution in [0.5, 0.6) is 0 Å². The summed E-state index contributed by atoms with van der Waals surface area (Å²) >= 11 is 0. The van der Waals surface area contributed by atoms with E-state index in [0.717, 1.165) is 10.4 Å². The average Bonchev–Trinajstić information content (AvgIpc) is 2.30. The van der Waals surface area contributed by atoms with E-state index in [1.807, 2.05) is 0 Å². The van der Waals surface area contributed by atoms with Crippen LogP contribution in [0, 0.1) is 12.7 Å². The molecule has 0 unspecified atom stereocenters. The summed E-state index contributed by atoms with van der Waals surface area (Å²) in [5, 5.41) is 8.68. The monoisotopic (exact) mass is 276 g/mol. The number of rotatable bonds is 5. The Morgan fingerprint density at radius 1 is 1.44 bits per heavy atom. The van der Waals surface area contributed by atoms with Crippen LogP contribution >= 0.6 is 0 Å². The Balaban J connectivity index is 3.20. The SMILES string of the molecule is Cc1cc(N)cc(S(=O)(=O)N(C)CCCO)c1F. The van der Waals surface area contributed by atoms with Crippen molar-refractivity contribution in [2.75, 3.05) is 25.9 Å². The van der Waals surface area contributed by atoms with Crippen molar-refractivity contribution < 1.29 is 17.9 Å². The highest BCUT2D eigenvalue weighted by molar-refractivity contribution is 7.89. The molecular formula is C11H17FN2O3S. The van der Waals surface area contributed by atoms with Crippen LogP contribution in [0.2, 0.25) is 0 Å². The Morgan fingerprint density at radius 2 is 2.06 bits per heavy atom. The number of nitrogens with zero attached hydrogens (tertiary/aromatic N) is 1. The number of aliphatic hydroxyl groups excluding tert-OH is 1. The minimum absolute atomic E-state index is 0.117. The van der Waals surface area contributed by atoms with Crippen molar-refractivity contribution >= 4 is 15.7 Å². The molecule has 0 aliphatic rings. The minimum atomic E-state index is -3.92. The number of hydrogen-bond donors (Lipinski definition) is 2. The number of halogens is 1. The second-order valence-electron chi connectivity index (χ2n) is 4.05. The predicted octanol–water partition coefficient (Wildman–Crippen LogP) is 0.719. The van der Waals surface area contributed by atoms with Gasteiger partial charge in [0.25, 0.3) is 0 Å². The maximum absolute atomic E-state index is 13.8. The fourth-order valence-electron chi connectivity index (χ4n) is 1.53. The lowest BCUT2D eigenvalue weighted by Gasteiger charge is -2.18. The van der Waals surface area contributed by atoms with Crippen LogP contribution in [0.1, 0.15) is 12.0 Å². The highest BCUT2D eigenvalue weighted by Crippen LogP contribution is 2.24. The lowest BCUT2D eigenvalue weighted by Crippen LogP contribution is -2.29. The first-order chi connectivity index (χ1) is 8.30. The number of benzene rings is 1. The number of anilines is 1. The number of aliphatic hydroxyl groups is 1. The van der Waals surface area contributed by atoms with Crippen molar-refractivity contribution in [2.24, 2.45) is 0 Å². The molecule has 0 atom stereocenters. The van der Waals surface area contributed by atoms with Gasteiger partial charge in [-0.25, -0.2) is 17.1 Å². The van der Waals surface area contributed by atoms with Crippen LogP contribution in [0.3, 0.4) is 0 Å². The summed E-state index contributed by atoms with van der Waals surface area (Å²) in [5.41, 5.74) is 5.92. The van der Waals surface area contributed by atoms with E-state index < -0.39 is 20.7 Å². The smallest absolute Gasteiger partial charge is 0.245 e. The van der Waals surface area contributed by atoms with Gasteiger partial charge in [0, 0.05) is 25.9 Å². The molecule has 0 saturated carbocycles. The van der Waals surface area contributed by atoms with E-state index in [1.165, 1.54) is 20.0 Å². The largest absolute Gasteiger partial charge is 0.399 e. The van der Waals surface area contributed by atoms with Crippen LogP contribution < -0.4 is 5.73 Å². The zero-order valence-corrected chi connectivity index (χ0v) is 11.2. The third-order valence-corrected chi connectivity index (χ3v) is 4.42. The summed E-state index contributed by atoms with van der Waals surface area (Å²) in [6.07, 6.45) is 0.290. The third kappa shape index (κ3) is 2.98. The molecule has 5 nitrogen and oxygen atoms in total. The number of sulfonamides is 1. The van der Waals surface area contributed by atoms with Crippen molar-refractivity contribution in [3.63, 3.8) is 0 Å². The molecule has 18 heavy (non-hydrogen) atoms. The second-order valence-corrected chi connectivity index (χ2v) is 6.07. The topological polar surface area (TPSA) is 83.6 Å². The van der Waals surface area contributed by atoms with E-state index in [9.17, 15) is 12.8 Å². The van der Waals surface area contributed by atoms with Gasteiger partial charge in [0.2, 0.25) is 10.0 Å². The van der Waals surface area contributed by atoms with Crippen molar-refractivity contribution in [3.05, 3.63) is 23.5 Å². The molecule has 0 aliphatic heterocycles. The van der Waals surface area contributed by atoms with Crippen molar-refractivity contribution in [1.29, 1.82) is 0 Å². The fraction of sp³-hybridized carbons (Fsp3) is 0.455. The molecule has 0 fully saturated rings. The quantitative estimate of drug-likeness (QED) is 0.776. The maximum atomic E-state index is 13.8. The molecule has 3 N–H and O–H groups in total. The van der Waals surface area contributed by atoms with Crippen LogP contribution in [-0.2, 0) is 10.0 Å². The van der Waals surface area contributed by atoms with Gasteiger partial charge in [-0.05, 0) is 31.0 Å². The molecule has 0 aromatic heterocycles. The summed E-state index contributed by atoms with van der Waals surface area (Å²) in [5.74, 6) is -0.792. The number of nitrogen functional groups attached to an aromatic ring is 1. The molecule has 1 aromatic rings. The molecule has 0 bridgehead atoms. The molecule has 1 rings (SSSR count). The fourth-order valence-corrected chi connectivity index (χ4v) is 2.91. The van der Waals surface area contributed by atoms with Gasteiger partial charge in [-0.1, -0.05) is 0 Å².